The number of hydrogen-bond donors (Lipinski definition) is 2. The van der Waals surface area contributed by atoms with Gasteiger partial charge in [0.1, 0.15) is 0 Å². The van der Waals surface area contributed by atoms with E-state index in [-0.39, 0.29) is 37.8 Å². The highest BCUT2D eigenvalue weighted by atomic mass is 31.2. The second kappa shape index (κ2) is 11.1. The normalized spacial score (nSPS) is 11.6. The third-order valence-corrected chi connectivity index (χ3v) is 4.35. The molecule has 0 aliphatic rings. The Kier molecular flexibility index (Phi) is 8.88. The van der Waals surface area contributed by atoms with E-state index in [2.05, 4.69) is 0 Å². The molecule has 9 nitrogen and oxygen atoms in total. The van der Waals surface area contributed by atoms with Gasteiger partial charge in [-0.15, -0.1) is 0 Å². The van der Waals surface area contributed by atoms with Crippen molar-refractivity contribution in [2.24, 2.45) is 0 Å². The summed E-state index contributed by atoms with van der Waals surface area (Å²) in [4.78, 5) is 10.1. The lowest BCUT2D eigenvalue weighted by molar-refractivity contribution is -0.224. The number of nitrogens with zero attached hydrogens (tertiary/aromatic N) is 1. The Hall–Kier alpha value is -1.97. The van der Waals surface area contributed by atoms with Crippen LogP contribution in [-0.4, -0.2) is 41.6 Å². The molecule has 0 aliphatic heterocycles. The van der Waals surface area contributed by atoms with Crippen molar-refractivity contribution in [2.75, 3.05) is 26.3 Å². The number of aliphatic hydroxyl groups excluding tert-OH is 2. The predicted molar refractivity (Wildman–Crippen MR) is 100 cm³/mol. The average molecular weight is 413 g/mol. The summed E-state index contributed by atoms with van der Waals surface area (Å²) in [5.74, 6) is 0.536. The number of rotatable bonds is 12. The summed E-state index contributed by atoms with van der Waals surface area (Å²) in [6.07, 6.45) is 0. The molecular weight excluding hydrogens is 389 g/mol. The van der Waals surface area contributed by atoms with Crippen molar-refractivity contribution < 1.29 is 38.5 Å². The number of hydrogen-bond acceptors (Lipinski definition) is 9. The third kappa shape index (κ3) is 7.57. The lowest BCUT2D eigenvalue weighted by atomic mass is 10.2. The van der Waals surface area contributed by atoms with E-state index in [9.17, 15) is 4.57 Å². The number of phosphoric acid groups is 1. The molecule has 0 radical (unpaired) electrons. The maximum Gasteiger partial charge on any atom is 0.564 e. The maximum absolute atomic E-state index is 12.9. The molecule has 0 aliphatic carbocycles. The molecule has 0 saturated heterocycles. The summed E-state index contributed by atoms with van der Waals surface area (Å²) < 4.78 is 27.9. The van der Waals surface area contributed by atoms with Crippen LogP contribution in [0.25, 0.3) is 0 Å². The topological polar surface area (TPSA) is 107 Å². The first kappa shape index (κ1) is 22.3. The first-order chi connectivity index (χ1) is 13.4. The smallest absolute Gasteiger partial charge is 0.395 e. The fourth-order valence-electron chi connectivity index (χ4n) is 1.96. The van der Waals surface area contributed by atoms with Gasteiger partial charge in [0.15, 0.2) is 11.5 Å². The average Bonchev–Trinajstić information content (AvgIpc) is 2.68. The molecule has 154 valence electrons. The zero-order valence-electron chi connectivity index (χ0n) is 15.7. The molecule has 2 N–H and O–H groups in total. The Labute approximate surface area is 163 Å². The minimum atomic E-state index is -4.43. The maximum atomic E-state index is 12.9. The number of benzene rings is 2. The fourth-order valence-corrected chi connectivity index (χ4v) is 2.84. The summed E-state index contributed by atoms with van der Waals surface area (Å²) in [6.45, 7) is 3.09. The van der Waals surface area contributed by atoms with Crippen LogP contribution in [0, 0.1) is 13.8 Å². The highest BCUT2D eigenvalue weighted by Crippen LogP contribution is 2.50. The molecular formula is C18H24NO8P. The lowest BCUT2D eigenvalue weighted by Gasteiger charge is -2.23. The van der Waals surface area contributed by atoms with Gasteiger partial charge in [-0.2, -0.15) is 9.69 Å². The Balaban J connectivity index is 2.08. The van der Waals surface area contributed by atoms with Crippen LogP contribution in [0.15, 0.2) is 48.5 Å². The van der Waals surface area contributed by atoms with Gasteiger partial charge < -0.3 is 20.0 Å². The van der Waals surface area contributed by atoms with Crippen LogP contribution >= 0.6 is 7.82 Å². The third-order valence-electron chi connectivity index (χ3n) is 3.41. The molecule has 0 amide bonds. The van der Waals surface area contributed by atoms with Crippen molar-refractivity contribution in [3.63, 3.8) is 0 Å². The molecule has 0 fully saturated rings. The zero-order valence-corrected chi connectivity index (χ0v) is 16.6. The molecule has 10 heteroatoms. The molecule has 0 bridgehead atoms. The van der Waals surface area contributed by atoms with Crippen LogP contribution in [0.1, 0.15) is 11.1 Å². The van der Waals surface area contributed by atoms with E-state index in [1.54, 1.807) is 48.5 Å². The lowest BCUT2D eigenvalue weighted by Crippen LogP contribution is -2.30. The van der Waals surface area contributed by atoms with E-state index >= 15 is 0 Å². The van der Waals surface area contributed by atoms with Gasteiger partial charge in [0.25, 0.3) is 0 Å². The molecule has 0 unspecified atom stereocenters. The van der Waals surface area contributed by atoms with Gasteiger partial charge in [-0.05, 0) is 38.1 Å². The second-order valence-electron chi connectivity index (χ2n) is 5.85. The van der Waals surface area contributed by atoms with Crippen LogP contribution in [0.2, 0.25) is 0 Å². The highest BCUT2D eigenvalue weighted by Gasteiger charge is 2.36. The van der Waals surface area contributed by atoms with Crippen LogP contribution in [0.3, 0.4) is 0 Å². The van der Waals surface area contributed by atoms with E-state index in [1.807, 2.05) is 13.8 Å². The summed E-state index contributed by atoms with van der Waals surface area (Å²) in [5, 5.41) is 19.2. The summed E-state index contributed by atoms with van der Waals surface area (Å²) in [5.41, 5.74) is 2.01. The first-order valence-electron chi connectivity index (χ1n) is 8.56. The summed E-state index contributed by atoms with van der Waals surface area (Å²) in [7, 11) is -4.43. The van der Waals surface area contributed by atoms with E-state index in [0.717, 1.165) is 16.2 Å². The van der Waals surface area contributed by atoms with Crippen LogP contribution < -0.4 is 9.78 Å². The Bertz CT molecular complexity index is 694. The van der Waals surface area contributed by atoms with Gasteiger partial charge in [0.05, 0.1) is 13.2 Å². The standard InChI is InChI=1S/C18H24NO8P/c1-15-3-7-17(8-4-15)23-26-28(22,25-19(11-13-20)12-14-21)27-24-18-9-5-16(2)6-10-18/h3-10,20-21H,11-14H2,1-2H3. The van der Waals surface area contributed by atoms with Crippen LogP contribution in [0.4, 0.5) is 0 Å². The van der Waals surface area contributed by atoms with E-state index in [0.29, 0.717) is 0 Å². The fraction of sp³-hybridized carbons (Fsp3) is 0.333. The quantitative estimate of drug-likeness (QED) is 0.308. The summed E-state index contributed by atoms with van der Waals surface area (Å²) in [6, 6.07) is 13.5. The van der Waals surface area contributed by atoms with Gasteiger partial charge in [0, 0.05) is 13.1 Å². The molecule has 0 aromatic heterocycles. The largest absolute Gasteiger partial charge is 0.564 e. The Morgan fingerprint density at radius 2 is 1.18 bits per heavy atom. The number of hydroxylamine groups is 2. The van der Waals surface area contributed by atoms with Gasteiger partial charge >= 0.3 is 7.82 Å². The molecule has 2 rings (SSSR count). The van der Waals surface area contributed by atoms with Gasteiger partial charge in [-0.25, -0.2) is 4.57 Å². The number of aliphatic hydroxyl groups is 2. The molecule has 0 heterocycles. The molecule has 0 atom stereocenters. The van der Waals surface area contributed by atoms with Crippen LogP contribution in [-0.2, 0) is 18.5 Å². The number of aryl methyl sites for hydroxylation is 2. The summed E-state index contributed by atoms with van der Waals surface area (Å²) >= 11 is 0. The molecule has 0 saturated carbocycles. The van der Waals surface area contributed by atoms with Crippen molar-refractivity contribution in [2.45, 2.75) is 13.8 Å². The molecule has 2 aromatic carbocycles. The minimum Gasteiger partial charge on any atom is -0.395 e. The molecule has 0 spiro atoms. The monoisotopic (exact) mass is 413 g/mol. The van der Waals surface area contributed by atoms with Gasteiger partial charge in [0.2, 0.25) is 0 Å². The molecule has 28 heavy (non-hydrogen) atoms. The predicted octanol–water partition coefficient (Wildman–Crippen LogP) is 2.95. The van der Waals surface area contributed by atoms with E-state index in [1.165, 1.54) is 0 Å². The van der Waals surface area contributed by atoms with Crippen molar-refractivity contribution in [3.8, 4) is 11.5 Å². The highest BCUT2D eigenvalue weighted by molar-refractivity contribution is 7.48. The van der Waals surface area contributed by atoms with Crippen molar-refractivity contribution in [1.29, 1.82) is 0 Å². The van der Waals surface area contributed by atoms with Gasteiger partial charge in [-0.3, -0.25) is 0 Å². The zero-order chi connectivity index (χ0) is 20.4. The SMILES string of the molecule is Cc1ccc(OOP(=O)(OOc2ccc(C)cc2)ON(CCO)CCO)cc1. The van der Waals surface area contributed by atoms with Crippen LogP contribution in [0.5, 0.6) is 11.5 Å². The Morgan fingerprint density at radius 1 is 0.786 bits per heavy atom. The van der Waals surface area contributed by atoms with Crippen molar-refractivity contribution in [3.05, 3.63) is 59.7 Å². The van der Waals surface area contributed by atoms with Crippen molar-refractivity contribution in [1.82, 2.24) is 5.06 Å². The molecule has 2 aromatic rings. The van der Waals surface area contributed by atoms with Crippen molar-refractivity contribution >= 4 is 7.82 Å². The minimum absolute atomic E-state index is 0.0493. The first-order valence-corrected chi connectivity index (χ1v) is 10.0. The second-order valence-corrected chi connectivity index (χ2v) is 7.20. The Morgan fingerprint density at radius 3 is 1.54 bits per heavy atom. The van der Waals surface area contributed by atoms with E-state index < -0.39 is 7.82 Å². The van der Waals surface area contributed by atoms with E-state index in [4.69, 9.17) is 34.0 Å². The van der Waals surface area contributed by atoms with Gasteiger partial charge in [-0.1, -0.05) is 44.7 Å².